The van der Waals surface area contributed by atoms with Gasteiger partial charge in [0.25, 0.3) is 0 Å². The summed E-state index contributed by atoms with van der Waals surface area (Å²) in [6.07, 6.45) is 0. The van der Waals surface area contributed by atoms with Crippen LogP contribution in [-0.2, 0) is 5.75 Å². The molecule has 0 spiro atoms. The van der Waals surface area contributed by atoms with E-state index in [-0.39, 0.29) is 0 Å². The van der Waals surface area contributed by atoms with Crippen LogP contribution in [0.1, 0.15) is 17.1 Å². The minimum Gasteiger partial charge on any atom is -0.274 e. The van der Waals surface area contributed by atoms with E-state index < -0.39 is 0 Å². The van der Waals surface area contributed by atoms with E-state index in [1.807, 2.05) is 23.6 Å². The van der Waals surface area contributed by atoms with E-state index in [9.17, 15) is 0 Å². The van der Waals surface area contributed by atoms with Crippen LogP contribution in [-0.4, -0.2) is 24.4 Å². The van der Waals surface area contributed by atoms with Gasteiger partial charge in [-0.2, -0.15) is 0 Å². The monoisotopic (exact) mass is 337 g/mol. The molecule has 3 aromatic rings. The van der Waals surface area contributed by atoms with Gasteiger partial charge in [0.15, 0.2) is 5.16 Å². The summed E-state index contributed by atoms with van der Waals surface area (Å²) < 4.78 is 6.51. The summed E-state index contributed by atoms with van der Waals surface area (Å²) in [5.41, 5.74) is 3.05. The third kappa shape index (κ3) is 2.95. The highest BCUT2D eigenvalue weighted by Gasteiger charge is 2.14. The van der Waals surface area contributed by atoms with E-state index in [2.05, 4.69) is 38.8 Å². The predicted molar refractivity (Wildman–Crippen MR) is 85.3 cm³/mol. The lowest BCUT2D eigenvalue weighted by molar-refractivity contribution is 0.861. The Hall–Kier alpha value is -1.44. The van der Waals surface area contributed by atoms with Gasteiger partial charge in [-0.25, -0.2) is 0 Å². The van der Waals surface area contributed by atoms with Crippen molar-refractivity contribution >= 4 is 34.9 Å². The lowest BCUT2D eigenvalue weighted by atomic mass is 10.2. The van der Waals surface area contributed by atoms with Crippen molar-refractivity contribution in [3.63, 3.8) is 0 Å². The number of benzene rings is 1. The van der Waals surface area contributed by atoms with E-state index in [0.29, 0.717) is 10.1 Å². The Morgan fingerprint density at radius 3 is 2.71 bits per heavy atom. The quantitative estimate of drug-likeness (QED) is 0.680. The maximum atomic E-state index is 6.03. The minimum absolute atomic E-state index is 0.624. The van der Waals surface area contributed by atoms with Crippen molar-refractivity contribution in [2.45, 2.75) is 24.8 Å². The van der Waals surface area contributed by atoms with Crippen LogP contribution in [0.3, 0.4) is 0 Å². The standard InChI is InChI=1S/C13H12ClN5S2/c1-8-5-3-4-6-11(8)19-9(2)15-17-13(19)20-7-10-12(14)21-18-16-10/h3-6H,7H2,1-2H3. The molecule has 0 aliphatic heterocycles. The van der Waals surface area contributed by atoms with E-state index in [0.717, 1.165) is 22.4 Å². The molecule has 108 valence electrons. The molecule has 0 unspecified atom stereocenters. The highest BCUT2D eigenvalue weighted by atomic mass is 35.5. The Morgan fingerprint density at radius 1 is 1.19 bits per heavy atom. The molecule has 1 aromatic carbocycles. The summed E-state index contributed by atoms with van der Waals surface area (Å²) >= 11 is 8.78. The number of rotatable bonds is 4. The van der Waals surface area contributed by atoms with Gasteiger partial charge in [-0.3, -0.25) is 4.57 Å². The molecule has 0 saturated carbocycles. The smallest absolute Gasteiger partial charge is 0.196 e. The molecule has 0 saturated heterocycles. The average Bonchev–Trinajstić information content (AvgIpc) is 3.04. The van der Waals surface area contributed by atoms with Gasteiger partial charge in [-0.1, -0.05) is 46.1 Å². The Morgan fingerprint density at radius 2 is 2.00 bits per heavy atom. The largest absolute Gasteiger partial charge is 0.274 e. The molecule has 0 fully saturated rings. The molecule has 0 radical (unpaired) electrons. The van der Waals surface area contributed by atoms with Crippen molar-refractivity contribution < 1.29 is 0 Å². The van der Waals surface area contributed by atoms with Crippen LogP contribution in [0.15, 0.2) is 29.4 Å². The second-order valence-electron chi connectivity index (χ2n) is 4.43. The lowest BCUT2D eigenvalue weighted by Gasteiger charge is -2.10. The van der Waals surface area contributed by atoms with E-state index >= 15 is 0 Å². The Labute approximate surface area is 135 Å². The molecule has 2 heterocycles. The maximum absolute atomic E-state index is 6.03. The third-order valence-corrected chi connectivity index (χ3v) is 4.92. The first kappa shape index (κ1) is 14.5. The van der Waals surface area contributed by atoms with Gasteiger partial charge in [-0.15, -0.1) is 15.3 Å². The number of halogens is 1. The Bertz CT molecular complexity index is 768. The zero-order valence-corrected chi connectivity index (χ0v) is 13.8. The van der Waals surface area contributed by atoms with Crippen molar-refractivity contribution in [1.82, 2.24) is 24.4 Å². The average molecular weight is 338 g/mol. The first-order valence-corrected chi connectivity index (χ1v) is 8.38. The number of aromatic nitrogens is 5. The third-order valence-electron chi connectivity index (χ3n) is 3.00. The highest BCUT2D eigenvalue weighted by molar-refractivity contribution is 7.98. The van der Waals surface area contributed by atoms with Crippen molar-refractivity contribution in [1.29, 1.82) is 0 Å². The summed E-state index contributed by atoms with van der Waals surface area (Å²) in [7, 11) is 0. The SMILES string of the molecule is Cc1ccccc1-n1c(C)nnc1SCc1nnsc1Cl. The highest BCUT2D eigenvalue weighted by Crippen LogP contribution is 2.28. The topological polar surface area (TPSA) is 56.5 Å². The van der Waals surface area contributed by atoms with Crippen LogP contribution in [0.5, 0.6) is 0 Å². The molecule has 5 nitrogen and oxygen atoms in total. The van der Waals surface area contributed by atoms with Crippen molar-refractivity contribution in [3.05, 3.63) is 45.7 Å². The number of aryl methyl sites for hydroxylation is 2. The fourth-order valence-corrected chi connectivity index (χ4v) is 3.67. The van der Waals surface area contributed by atoms with Crippen molar-refractivity contribution in [2.24, 2.45) is 0 Å². The summed E-state index contributed by atoms with van der Waals surface area (Å²) in [4.78, 5) is 0. The molecule has 3 rings (SSSR count). The normalized spacial score (nSPS) is 11.0. The Kier molecular flexibility index (Phi) is 4.23. The molecule has 0 aliphatic carbocycles. The van der Waals surface area contributed by atoms with Crippen molar-refractivity contribution in [3.8, 4) is 5.69 Å². The van der Waals surface area contributed by atoms with Gasteiger partial charge >= 0.3 is 0 Å². The fourth-order valence-electron chi connectivity index (χ4n) is 1.94. The first-order valence-electron chi connectivity index (χ1n) is 6.24. The molecule has 0 bridgehead atoms. The molecule has 0 atom stereocenters. The molecule has 0 N–H and O–H groups in total. The molecular weight excluding hydrogens is 326 g/mol. The summed E-state index contributed by atoms with van der Waals surface area (Å²) in [6, 6.07) is 8.17. The van der Waals surface area contributed by atoms with Crippen LogP contribution in [0, 0.1) is 13.8 Å². The molecule has 8 heteroatoms. The zero-order valence-electron chi connectivity index (χ0n) is 11.4. The minimum atomic E-state index is 0.624. The van der Waals surface area contributed by atoms with E-state index in [1.165, 1.54) is 17.1 Å². The first-order chi connectivity index (χ1) is 10.2. The summed E-state index contributed by atoms with van der Waals surface area (Å²) in [6.45, 7) is 4.02. The number of hydrogen-bond acceptors (Lipinski definition) is 6. The van der Waals surface area contributed by atoms with Gasteiger partial charge in [0.05, 0.1) is 5.69 Å². The van der Waals surface area contributed by atoms with Crippen molar-refractivity contribution in [2.75, 3.05) is 0 Å². The molecule has 21 heavy (non-hydrogen) atoms. The van der Waals surface area contributed by atoms with Gasteiger partial charge in [-0.05, 0) is 25.5 Å². The maximum Gasteiger partial charge on any atom is 0.196 e. The molecular formula is C13H12ClN5S2. The van der Waals surface area contributed by atoms with Crippen LogP contribution >= 0.6 is 34.9 Å². The lowest BCUT2D eigenvalue weighted by Crippen LogP contribution is -2.01. The second-order valence-corrected chi connectivity index (χ2v) is 6.73. The van der Waals surface area contributed by atoms with Gasteiger partial charge < -0.3 is 0 Å². The van der Waals surface area contributed by atoms with Gasteiger partial charge in [0.1, 0.15) is 15.9 Å². The second kappa shape index (κ2) is 6.13. The Balaban J connectivity index is 1.91. The number of para-hydroxylation sites is 1. The van der Waals surface area contributed by atoms with Crippen LogP contribution < -0.4 is 0 Å². The predicted octanol–water partition coefficient (Wildman–Crippen LogP) is 3.68. The van der Waals surface area contributed by atoms with Gasteiger partial charge in [0, 0.05) is 17.3 Å². The zero-order chi connectivity index (χ0) is 14.8. The van der Waals surface area contributed by atoms with Crippen LogP contribution in [0.4, 0.5) is 0 Å². The van der Waals surface area contributed by atoms with E-state index in [4.69, 9.17) is 11.6 Å². The van der Waals surface area contributed by atoms with E-state index in [1.54, 1.807) is 11.8 Å². The van der Waals surface area contributed by atoms with Crippen LogP contribution in [0.25, 0.3) is 5.69 Å². The number of hydrogen-bond donors (Lipinski definition) is 0. The number of nitrogens with zero attached hydrogens (tertiary/aromatic N) is 5. The molecule has 0 amide bonds. The van der Waals surface area contributed by atoms with Gasteiger partial charge in [0.2, 0.25) is 0 Å². The van der Waals surface area contributed by atoms with Crippen LogP contribution in [0.2, 0.25) is 4.34 Å². The summed E-state index contributed by atoms with van der Waals surface area (Å²) in [5.74, 6) is 1.48. The molecule has 0 aliphatic rings. The number of thioether (sulfide) groups is 1. The molecule has 2 aromatic heterocycles. The fraction of sp³-hybridized carbons (Fsp3) is 0.231. The summed E-state index contributed by atoms with van der Waals surface area (Å²) in [5, 5.41) is 13.3.